The first-order chi connectivity index (χ1) is 13.6. The summed E-state index contributed by atoms with van der Waals surface area (Å²) < 4.78 is 22.7. The Balaban J connectivity index is 2.29. The maximum atomic E-state index is 12.6. The van der Waals surface area contributed by atoms with E-state index in [9.17, 15) is 4.79 Å². The van der Waals surface area contributed by atoms with Gasteiger partial charge in [-0.25, -0.2) is 4.79 Å². The molecule has 1 heterocycles. The van der Waals surface area contributed by atoms with Crippen molar-refractivity contribution in [3.63, 3.8) is 0 Å². The van der Waals surface area contributed by atoms with Crippen molar-refractivity contribution in [3.8, 4) is 17.2 Å². The van der Waals surface area contributed by atoms with Gasteiger partial charge >= 0.3 is 5.63 Å². The van der Waals surface area contributed by atoms with Gasteiger partial charge in [-0.15, -0.1) is 0 Å². The van der Waals surface area contributed by atoms with Crippen LogP contribution in [0.4, 0.5) is 0 Å². The summed E-state index contributed by atoms with van der Waals surface area (Å²) in [4.78, 5) is 12.6. The number of hydrogen-bond acceptors (Lipinski definition) is 5. The highest BCUT2D eigenvalue weighted by atomic mass is 16.5. The van der Waals surface area contributed by atoms with E-state index in [4.69, 9.17) is 18.6 Å². The number of benzene rings is 1. The van der Waals surface area contributed by atoms with Crippen LogP contribution >= 0.6 is 0 Å². The molecule has 1 aromatic carbocycles. The van der Waals surface area contributed by atoms with E-state index in [0.29, 0.717) is 22.5 Å². The van der Waals surface area contributed by atoms with Crippen LogP contribution in [0.3, 0.4) is 0 Å². The Morgan fingerprint density at radius 1 is 1.10 bits per heavy atom. The van der Waals surface area contributed by atoms with Gasteiger partial charge in [0.25, 0.3) is 0 Å². The highest BCUT2D eigenvalue weighted by molar-refractivity contribution is 5.89. The van der Waals surface area contributed by atoms with Gasteiger partial charge < -0.3 is 18.6 Å². The quantitative estimate of drug-likeness (QED) is 0.399. The molecule has 0 fully saturated rings. The summed E-state index contributed by atoms with van der Waals surface area (Å²) in [6.45, 7) is 12.3. The monoisotopic (exact) mass is 400 g/mol. The van der Waals surface area contributed by atoms with Crippen LogP contribution < -0.4 is 19.8 Å². The Kier molecular flexibility index (Phi) is 7.54. The Bertz CT molecular complexity index is 954. The lowest BCUT2D eigenvalue weighted by Gasteiger charge is -2.22. The van der Waals surface area contributed by atoms with Crippen molar-refractivity contribution in [1.29, 1.82) is 0 Å². The molecule has 5 heteroatoms. The van der Waals surface area contributed by atoms with Gasteiger partial charge in [-0.1, -0.05) is 23.3 Å². The van der Waals surface area contributed by atoms with Crippen LogP contribution in [0, 0.1) is 0 Å². The van der Waals surface area contributed by atoms with Crippen LogP contribution in [0.2, 0.25) is 0 Å². The third-order valence-electron chi connectivity index (χ3n) is 4.18. The first kappa shape index (κ1) is 22.6. The first-order valence-electron chi connectivity index (χ1n) is 9.87. The van der Waals surface area contributed by atoms with Gasteiger partial charge in [0.2, 0.25) is 5.75 Å². The van der Waals surface area contributed by atoms with Crippen molar-refractivity contribution in [2.45, 2.75) is 60.0 Å². The molecule has 0 atom stereocenters. The highest BCUT2D eigenvalue weighted by Gasteiger charge is 2.21. The Morgan fingerprint density at radius 2 is 1.83 bits per heavy atom. The largest absolute Gasteiger partial charge is 0.492 e. The minimum atomic E-state index is -0.588. The molecule has 29 heavy (non-hydrogen) atoms. The van der Waals surface area contributed by atoms with Gasteiger partial charge in [0.1, 0.15) is 12.2 Å². The number of methoxy groups -OCH3 is 1. The van der Waals surface area contributed by atoms with Crippen LogP contribution in [0.5, 0.6) is 17.2 Å². The van der Waals surface area contributed by atoms with Gasteiger partial charge in [-0.2, -0.15) is 0 Å². The summed E-state index contributed by atoms with van der Waals surface area (Å²) in [5, 5.41) is 0.633. The van der Waals surface area contributed by atoms with E-state index in [0.717, 1.165) is 12.8 Å². The molecule has 0 saturated heterocycles. The molecule has 158 valence electrons. The maximum Gasteiger partial charge on any atom is 0.383 e. The number of para-hydroxylation sites is 1. The molecule has 0 N–H and O–H groups in total. The van der Waals surface area contributed by atoms with Gasteiger partial charge in [-0.05, 0) is 72.6 Å². The average Bonchev–Trinajstić information content (AvgIpc) is 2.61. The molecule has 1 aromatic heterocycles. The van der Waals surface area contributed by atoms with Gasteiger partial charge in [-0.3, -0.25) is 0 Å². The fourth-order valence-corrected chi connectivity index (χ4v) is 2.85. The molecule has 0 unspecified atom stereocenters. The van der Waals surface area contributed by atoms with Crippen molar-refractivity contribution in [1.82, 2.24) is 0 Å². The normalized spacial score (nSPS) is 12.0. The fraction of sp³-hybridized carbons (Fsp3) is 0.458. The summed E-state index contributed by atoms with van der Waals surface area (Å²) >= 11 is 0. The number of ether oxygens (including phenoxy) is 3. The zero-order valence-electron chi connectivity index (χ0n) is 18.5. The van der Waals surface area contributed by atoms with E-state index in [2.05, 4.69) is 26.8 Å². The Hall–Kier alpha value is -2.69. The first-order valence-corrected chi connectivity index (χ1v) is 9.87. The summed E-state index contributed by atoms with van der Waals surface area (Å²) in [7, 11) is 1.51. The van der Waals surface area contributed by atoms with E-state index in [1.807, 2.05) is 39.0 Å². The standard InChI is InChI=1S/C24H32O5/c1-16(2)10-8-11-17(3)14-15-27-22-21(26-7)18-12-9-13-19(29-24(4,5)6)20(18)28-23(22)25/h9-10,12-14H,8,11,15H2,1-7H3/b17-14+. The summed E-state index contributed by atoms with van der Waals surface area (Å²) in [5.74, 6) is 0.916. The molecular formula is C24H32O5. The molecule has 0 aliphatic heterocycles. The van der Waals surface area contributed by atoms with E-state index in [1.165, 1.54) is 18.3 Å². The Labute approximate surface area is 173 Å². The molecule has 0 saturated carbocycles. The molecule has 2 rings (SSSR count). The van der Waals surface area contributed by atoms with Crippen molar-refractivity contribution >= 4 is 11.0 Å². The van der Waals surface area contributed by atoms with Gasteiger partial charge in [0.05, 0.1) is 12.5 Å². The average molecular weight is 401 g/mol. The molecular weight excluding hydrogens is 368 g/mol. The van der Waals surface area contributed by atoms with E-state index >= 15 is 0 Å². The highest BCUT2D eigenvalue weighted by Crippen LogP contribution is 2.37. The Morgan fingerprint density at radius 3 is 2.45 bits per heavy atom. The molecule has 5 nitrogen and oxygen atoms in total. The topological polar surface area (TPSA) is 57.9 Å². The zero-order chi connectivity index (χ0) is 21.6. The second-order valence-electron chi connectivity index (χ2n) is 8.28. The van der Waals surface area contributed by atoms with E-state index in [1.54, 1.807) is 6.07 Å². The summed E-state index contributed by atoms with van der Waals surface area (Å²) in [6.07, 6.45) is 6.12. The molecule has 0 amide bonds. The zero-order valence-corrected chi connectivity index (χ0v) is 18.5. The smallest absolute Gasteiger partial charge is 0.383 e. The second kappa shape index (κ2) is 9.68. The van der Waals surface area contributed by atoms with Crippen LogP contribution in [-0.4, -0.2) is 19.3 Å². The predicted octanol–water partition coefficient (Wildman–Crippen LogP) is 6.05. The predicted molar refractivity (Wildman–Crippen MR) is 117 cm³/mol. The molecule has 0 bridgehead atoms. The van der Waals surface area contributed by atoms with Crippen LogP contribution in [0.25, 0.3) is 11.0 Å². The van der Waals surface area contributed by atoms with Crippen molar-refractivity contribution in [2.24, 2.45) is 0 Å². The lowest BCUT2D eigenvalue weighted by molar-refractivity contribution is 0.131. The lowest BCUT2D eigenvalue weighted by atomic mass is 10.1. The molecule has 2 aromatic rings. The molecule has 0 radical (unpaired) electrons. The van der Waals surface area contributed by atoms with Gasteiger partial charge in [0.15, 0.2) is 17.1 Å². The molecule has 0 aliphatic rings. The van der Waals surface area contributed by atoms with Crippen molar-refractivity contribution < 1.29 is 18.6 Å². The minimum Gasteiger partial charge on any atom is -0.492 e. The maximum absolute atomic E-state index is 12.6. The number of rotatable bonds is 8. The third-order valence-corrected chi connectivity index (χ3v) is 4.18. The molecule has 0 spiro atoms. The van der Waals surface area contributed by atoms with Crippen LogP contribution in [0.15, 0.2) is 50.7 Å². The van der Waals surface area contributed by atoms with E-state index < -0.39 is 11.2 Å². The third kappa shape index (κ3) is 6.41. The molecule has 0 aliphatic carbocycles. The number of allylic oxidation sites excluding steroid dienone is 3. The summed E-state index contributed by atoms with van der Waals surface area (Å²) in [6, 6.07) is 5.43. The lowest BCUT2D eigenvalue weighted by Crippen LogP contribution is -2.23. The van der Waals surface area contributed by atoms with Crippen LogP contribution in [0.1, 0.15) is 54.4 Å². The van der Waals surface area contributed by atoms with Crippen LogP contribution in [-0.2, 0) is 0 Å². The van der Waals surface area contributed by atoms with E-state index in [-0.39, 0.29) is 12.4 Å². The minimum absolute atomic E-state index is 0.0706. The van der Waals surface area contributed by atoms with Gasteiger partial charge in [0, 0.05) is 0 Å². The number of fused-ring (bicyclic) bond motifs is 1. The second-order valence-corrected chi connectivity index (χ2v) is 8.28. The SMILES string of the molecule is COc1c(OC/C=C(\C)CCC=C(C)C)c(=O)oc2c(OC(C)(C)C)cccc12. The van der Waals surface area contributed by atoms with Crippen molar-refractivity contribution in [2.75, 3.05) is 13.7 Å². The number of hydrogen-bond donors (Lipinski definition) is 0. The summed E-state index contributed by atoms with van der Waals surface area (Å²) in [5.41, 5.74) is 1.85. The fourth-order valence-electron chi connectivity index (χ4n) is 2.85. The van der Waals surface area contributed by atoms with Crippen molar-refractivity contribution in [3.05, 3.63) is 51.9 Å².